The molecule has 0 saturated heterocycles. The van der Waals surface area contributed by atoms with E-state index in [-0.39, 0.29) is 6.04 Å². The molecule has 0 radical (unpaired) electrons. The Hall–Kier alpha value is -0.200. The largest absolute Gasteiger partial charge is 0.379 e. The van der Waals surface area contributed by atoms with E-state index in [1.54, 1.807) is 0 Å². The van der Waals surface area contributed by atoms with Gasteiger partial charge in [-0.1, -0.05) is 27.2 Å². The molecular weight excluding hydrogens is 282 g/mol. The molecular formula is C17H37NO4. The number of ether oxygens (including phenoxy) is 4. The molecule has 0 fully saturated rings. The third kappa shape index (κ3) is 16.2. The van der Waals surface area contributed by atoms with Crippen molar-refractivity contribution in [2.24, 2.45) is 0 Å². The fourth-order valence-electron chi connectivity index (χ4n) is 1.83. The Labute approximate surface area is 137 Å². The first-order valence-corrected chi connectivity index (χ1v) is 8.89. The summed E-state index contributed by atoms with van der Waals surface area (Å²) in [4.78, 5) is 0. The van der Waals surface area contributed by atoms with Crippen LogP contribution < -0.4 is 5.32 Å². The number of hydrogen-bond donors (Lipinski definition) is 1. The molecule has 0 amide bonds. The highest BCUT2D eigenvalue weighted by Crippen LogP contribution is 1.93. The molecule has 0 spiro atoms. The van der Waals surface area contributed by atoms with Gasteiger partial charge >= 0.3 is 0 Å². The summed E-state index contributed by atoms with van der Waals surface area (Å²) in [7, 11) is 0. The Morgan fingerprint density at radius 1 is 0.636 bits per heavy atom. The van der Waals surface area contributed by atoms with E-state index >= 15 is 0 Å². The average Bonchev–Trinajstić information content (AvgIpc) is 2.53. The van der Waals surface area contributed by atoms with E-state index in [9.17, 15) is 0 Å². The van der Waals surface area contributed by atoms with E-state index in [2.05, 4.69) is 26.1 Å². The highest BCUT2D eigenvalue weighted by Gasteiger charge is 2.08. The molecule has 0 aromatic carbocycles. The van der Waals surface area contributed by atoms with Gasteiger partial charge in [0.05, 0.1) is 45.7 Å². The summed E-state index contributed by atoms with van der Waals surface area (Å²) in [6, 6.07) is 0.240. The molecule has 134 valence electrons. The van der Waals surface area contributed by atoms with Crippen LogP contribution >= 0.6 is 0 Å². The van der Waals surface area contributed by atoms with Crippen molar-refractivity contribution in [2.45, 2.75) is 52.5 Å². The van der Waals surface area contributed by atoms with Crippen molar-refractivity contribution in [1.82, 2.24) is 5.32 Å². The van der Waals surface area contributed by atoms with E-state index in [1.807, 2.05) is 0 Å². The maximum absolute atomic E-state index is 5.67. The average molecular weight is 319 g/mol. The Morgan fingerprint density at radius 2 is 1.14 bits per heavy atom. The number of unbranched alkanes of at least 4 members (excludes halogenated alkanes) is 1. The molecule has 0 bridgehead atoms. The van der Waals surface area contributed by atoms with Gasteiger partial charge in [0.1, 0.15) is 0 Å². The third-order valence-electron chi connectivity index (χ3n) is 3.04. The lowest BCUT2D eigenvalue weighted by Gasteiger charge is -2.19. The molecule has 0 aromatic rings. The van der Waals surface area contributed by atoms with Crippen molar-refractivity contribution in [1.29, 1.82) is 0 Å². The first-order valence-electron chi connectivity index (χ1n) is 8.89. The summed E-state index contributed by atoms with van der Waals surface area (Å²) < 4.78 is 22.2. The quantitative estimate of drug-likeness (QED) is 0.394. The van der Waals surface area contributed by atoms with Crippen molar-refractivity contribution in [3.63, 3.8) is 0 Å². The van der Waals surface area contributed by atoms with Crippen LogP contribution in [0.2, 0.25) is 0 Å². The highest BCUT2D eigenvalue weighted by molar-refractivity contribution is 4.65. The zero-order valence-electron chi connectivity index (χ0n) is 14.9. The molecule has 0 heterocycles. The smallest absolute Gasteiger partial charge is 0.0701 e. The molecule has 22 heavy (non-hydrogen) atoms. The Kier molecular flexibility index (Phi) is 18.7. The van der Waals surface area contributed by atoms with Gasteiger partial charge < -0.3 is 24.3 Å². The number of rotatable bonds is 18. The standard InChI is InChI=1S/C17H37NO4/c1-4-7-8-18-17(15-21-13-11-19-9-5-2)16-22-14-12-20-10-6-3/h17-18H,4-16H2,1-3H3. The summed E-state index contributed by atoms with van der Waals surface area (Å²) in [5.41, 5.74) is 0. The van der Waals surface area contributed by atoms with Crippen LogP contribution in [-0.4, -0.2) is 65.4 Å². The SMILES string of the molecule is CCCCNC(COCCOCCC)COCCOCCC. The van der Waals surface area contributed by atoms with Crippen LogP contribution in [0.3, 0.4) is 0 Å². The maximum Gasteiger partial charge on any atom is 0.0701 e. The normalized spacial score (nSPS) is 11.5. The van der Waals surface area contributed by atoms with Gasteiger partial charge in [-0.25, -0.2) is 0 Å². The molecule has 0 saturated carbocycles. The fourth-order valence-corrected chi connectivity index (χ4v) is 1.83. The zero-order valence-corrected chi connectivity index (χ0v) is 14.9. The summed E-state index contributed by atoms with van der Waals surface area (Å²) in [6.45, 7) is 13.0. The molecule has 0 aliphatic heterocycles. The van der Waals surface area contributed by atoms with E-state index in [1.165, 1.54) is 12.8 Å². The molecule has 0 atom stereocenters. The van der Waals surface area contributed by atoms with Crippen molar-refractivity contribution >= 4 is 0 Å². The second-order valence-corrected chi connectivity index (χ2v) is 5.38. The van der Waals surface area contributed by atoms with E-state index in [0.717, 1.165) is 32.6 Å². The summed E-state index contributed by atoms with van der Waals surface area (Å²) in [6.07, 6.45) is 4.47. The van der Waals surface area contributed by atoms with Gasteiger partial charge in [-0.15, -0.1) is 0 Å². The van der Waals surface area contributed by atoms with Crippen LogP contribution in [0.1, 0.15) is 46.5 Å². The predicted octanol–water partition coefficient (Wildman–Crippen LogP) is 2.63. The van der Waals surface area contributed by atoms with Gasteiger partial charge in [-0.3, -0.25) is 0 Å². The summed E-state index contributed by atoms with van der Waals surface area (Å²) in [5.74, 6) is 0. The van der Waals surface area contributed by atoms with Crippen molar-refractivity contribution < 1.29 is 18.9 Å². The minimum Gasteiger partial charge on any atom is -0.379 e. The molecule has 0 unspecified atom stereocenters. The molecule has 5 nitrogen and oxygen atoms in total. The van der Waals surface area contributed by atoms with Gasteiger partial charge in [-0.2, -0.15) is 0 Å². The van der Waals surface area contributed by atoms with E-state index < -0.39 is 0 Å². The predicted molar refractivity (Wildman–Crippen MR) is 90.6 cm³/mol. The zero-order chi connectivity index (χ0) is 16.3. The van der Waals surface area contributed by atoms with Crippen molar-refractivity contribution in [2.75, 3.05) is 59.4 Å². The van der Waals surface area contributed by atoms with E-state index in [0.29, 0.717) is 39.6 Å². The Bertz CT molecular complexity index is 189. The molecule has 1 N–H and O–H groups in total. The summed E-state index contributed by atoms with van der Waals surface area (Å²) >= 11 is 0. The maximum atomic E-state index is 5.67. The van der Waals surface area contributed by atoms with Crippen LogP contribution in [0.25, 0.3) is 0 Å². The van der Waals surface area contributed by atoms with Gasteiger partial charge in [0.15, 0.2) is 0 Å². The first kappa shape index (κ1) is 21.8. The van der Waals surface area contributed by atoms with Gasteiger partial charge in [0.2, 0.25) is 0 Å². The van der Waals surface area contributed by atoms with Crippen molar-refractivity contribution in [3.8, 4) is 0 Å². The second kappa shape index (κ2) is 18.8. The molecule has 0 aromatic heterocycles. The van der Waals surface area contributed by atoms with Crippen LogP contribution in [0.4, 0.5) is 0 Å². The van der Waals surface area contributed by atoms with Crippen LogP contribution in [0.5, 0.6) is 0 Å². The first-order chi connectivity index (χ1) is 10.8. The number of hydrogen-bond acceptors (Lipinski definition) is 5. The van der Waals surface area contributed by atoms with Crippen LogP contribution in [-0.2, 0) is 18.9 Å². The number of nitrogens with one attached hydrogen (secondary N) is 1. The monoisotopic (exact) mass is 319 g/mol. The molecule has 0 aliphatic carbocycles. The second-order valence-electron chi connectivity index (χ2n) is 5.38. The summed E-state index contributed by atoms with van der Waals surface area (Å²) in [5, 5.41) is 3.49. The lowest BCUT2D eigenvalue weighted by Crippen LogP contribution is -2.38. The van der Waals surface area contributed by atoms with Crippen LogP contribution in [0, 0.1) is 0 Å². The molecule has 5 heteroatoms. The lowest BCUT2D eigenvalue weighted by molar-refractivity contribution is 0.00738. The lowest BCUT2D eigenvalue weighted by atomic mass is 10.3. The van der Waals surface area contributed by atoms with Crippen LogP contribution in [0.15, 0.2) is 0 Å². The Morgan fingerprint density at radius 3 is 1.59 bits per heavy atom. The minimum atomic E-state index is 0.240. The van der Waals surface area contributed by atoms with Gasteiger partial charge in [-0.05, 0) is 25.8 Å². The molecule has 0 rings (SSSR count). The minimum absolute atomic E-state index is 0.240. The highest BCUT2D eigenvalue weighted by atomic mass is 16.5. The van der Waals surface area contributed by atoms with Crippen molar-refractivity contribution in [3.05, 3.63) is 0 Å². The topological polar surface area (TPSA) is 49.0 Å². The van der Waals surface area contributed by atoms with Gasteiger partial charge in [0, 0.05) is 13.2 Å². The van der Waals surface area contributed by atoms with Gasteiger partial charge in [0.25, 0.3) is 0 Å². The fraction of sp³-hybridized carbons (Fsp3) is 1.00. The Balaban J connectivity index is 3.65. The van der Waals surface area contributed by atoms with E-state index in [4.69, 9.17) is 18.9 Å². The third-order valence-corrected chi connectivity index (χ3v) is 3.04. The molecule has 0 aliphatic rings.